The topological polar surface area (TPSA) is 52.1 Å². The highest BCUT2D eigenvalue weighted by molar-refractivity contribution is 6.02. The Balaban J connectivity index is 1.09. The van der Waals surface area contributed by atoms with Crippen molar-refractivity contribution >= 4 is 27.5 Å². The van der Waals surface area contributed by atoms with E-state index in [0.29, 0.717) is 18.8 Å². The second-order valence-corrected chi connectivity index (χ2v) is 9.92. The number of hydrogen-bond acceptors (Lipinski definition) is 3. The van der Waals surface area contributed by atoms with Gasteiger partial charge in [-0.15, -0.1) is 0 Å². The van der Waals surface area contributed by atoms with E-state index in [1.807, 2.05) is 44.2 Å². The Morgan fingerprint density at radius 2 is 1.38 bits per heavy atom. The fraction of sp³-hybridized carbons (Fsp3) is 0.171. The van der Waals surface area contributed by atoms with E-state index in [-0.39, 0.29) is 5.97 Å². The fourth-order valence-corrected chi connectivity index (χ4v) is 5.00. The summed E-state index contributed by atoms with van der Waals surface area (Å²) in [6, 6.07) is 33.6. The molecule has 0 spiro atoms. The van der Waals surface area contributed by atoms with Crippen molar-refractivity contribution in [2.24, 2.45) is 0 Å². The lowest BCUT2D eigenvalue weighted by atomic mass is 9.97. The van der Waals surface area contributed by atoms with Crippen LogP contribution in [0, 0.1) is 13.8 Å². The van der Waals surface area contributed by atoms with Crippen LogP contribution < -0.4 is 14.8 Å². The molecule has 0 aliphatic carbocycles. The van der Waals surface area contributed by atoms with Crippen molar-refractivity contribution < 1.29 is 19.6 Å². The number of quaternary nitrogens is 1. The first-order valence-electron chi connectivity index (χ1n) is 13.4. The second-order valence-electron chi connectivity index (χ2n) is 9.92. The van der Waals surface area contributed by atoms with Crippen LogP contribution in [0.1, 0.15) is 28.7 Å². The van der Waals surface area contributed by atoms with Crippen molar-refractivity contribution in [3.63, 3.8) is 0 Å². The normalized spacial score (nSPS) is 11.3. The highest BCUT2D eigenvalue weighted by Crippen LogP contribution is 2.27. The number of fused-ring (bicyclic) bond motifs is 2. The molecule has 5 aromatic rings. The molecule has 0 amide bonds. The molecule has 0 radical (unpaired) electrons. The van der Waals surface area contributed by atoms with E-state index in [2.05, 4.69) is 72.0 Å². The number of aryl methyl sites for hydroxylation is 2. The lowest BCUT2D eigenvalue weighted by Gasteiger charge is -2.11. The zero-order valence-electron chi connectivity index (χ0n) is 22.5. The molecule has 0 saturated carbocycles. The maximum atomic E-state index is 12.1. The van der Waals surface area contributed by atoms with E-state index < -0.39 is 0 Å². The Morgan fingerprint density at radius 3 is 2.05 bits per heavy atom. The summed E-state index contributed by atoms with van der Waals surface area (Å²) in [6.07, 6.45) is 3.86. The quantitative estimate of drug-likeness (QED) is 0.0730. The van der Waals surface area contributed by atoms with E-state index in [0.717, 1.165) is 30.0 Å². The fourth-order valence-electron chi connectivity index (χ4n) is 5.00. The van der Waals surface area contributed by atoms with Gasteiger partial charge in [0.25, 0.3) is 0 Å². The van der Waals surface area contributed by atoms with Gasteiger partial charge in [-0.25, -0.2) is 4.79 Å². The number of rotatable bonds is 10. The molecular formula is C35H34NO3+. The summed E-state index contributed by atoms with van der Waals surface area (Å²) < 4.78 is 11.2. The SMILES string of the molecule is Cc1cc(C)cc(OC(=O)/C=C/CCOc2ccc(C[NH2+]Cc3c4ccccc4cc4ccccc34)cc2)c1. The molecule has 0 bridgehead atoms. The zero-order valence-corrected chi connectivity index (χ0v) is 22.5. The van der Waals surface area contributed by atoms with E-state index in [1.165, 1.54) is 38.7 Å². The minimum Gasteiger partial charge on any atom is -0.493 e. The standard InChI is InChI=1S/C35H33NO3/c1-25-19-26(2)21-31(20-25)39-35(37)13-7-8-18-38-30-16-14-27(15-17-30)23-36-24-34-32-11-5-3-9-28(32)22-29-10-4-6-12-33(29)34/h3-7,9-17,19-22,36H,8,18,23-24H2,1-2H3/p+1/b13-7+. The summed E-state index contributed by atoms with van der Waals surface area (Å²) in [5, 5.41) is 7.57. The van der Waals surface area contributed by atoms with Gasteiger partial charge in [0.2, 0.25) is 0 Å². The van der Waals surface area contributed by atoms with Gasteiger partial charge in [-0.05, 0) is 95.4 Å². The van der Waals surface area contributed by atoms with Crippen molar-refractivity contribution in [3.05, 3.63) is 131 Å². The molecular weight excluding hydrogens is 482 g/mol. The van der Waals surface area contributed by atoms with Crippen LogP contribution in [-0.4, -0.2) is 12.6 Å². The van der Waals surface area contributed by atoms with Crippen LogP contribution >= 0.6 is 0 Å². The summed E-state index contributed by atoms with van der Waals surface area (Å²) in [7, 11) is 0. The number of esters is 1. The summed E-state index contributed by atoms with van der Waals surface area (Å²) in [5.74, 6) is 1.02. The van der Waals surface area contributed by atoms with Crippen LogP contribution in [0.2, 0.25) is 0 Å². The molecule has 196 valence electrons. The number of benzene rings is 5. The lowest BCUT2D eigenvalue weighted by molar-refractivity contribution is -0.685. The Bertz CT molecular complexity index is 1550. The van der Waals surface area contributed by atoms with Crippen LogP contribution in [0.5, 0.6) is 11.5 Å². The minimum absolute atomic E-state index is 0.378. The van der Waals surface area contributed by atoms with Crippen molar-refractivity contribution in [2.45, 2.75) is 33.4 Å². The van der Waals surface area contributed by atoms with Crippen molar-refractivity contribution in [2.75, 3.05) is 6.61 Å². The predicted molar refractivity (Wildman–Crippen MR) is 158 cm³/mol. The van der Waals surface area contributed by atoms with E-state index in [1.54, 1.807) is 6.08 Å². The molecule has 0 saturated heterocycles. The van der Waals surface area contributed by atoms with E-state index in [4.69, 9.17) is 9.47 Å². The van der Waals surface area contributed by atoms with E-state index in [9.17, 15) is 4.79 Å². The summed E-state index contributed by atoms with van der Waals surface area (Å²) >= 11 is 0. The average molecular weight is 517 g/mol. The largest absolute Gasteiger partial charge is 0.493 e. The van der Waals surface area contributed by atoms with Crippen molar-refractivity contribution in [1.82, 2.24) is 0 Å². The molecule has 4 nitrogen and oxygen atoms in total. The van der Waals surface area contributed by atoms with Gasteiger partial charge in [-0.3, -0.25) is 0 Å². The molecule has 0 unspecified atom stereocenters. The molecule has 5 aromatic carbocycles. The summed E-state index contributed by atoms with van der Waals surface area (Å²) in [4.78, 5) is 12.1. The number of ether oxygens (including phenoxy) is 2. The number of hydrogen-bond donors (Lipinski definition) is 1. The Kier molecular flexibility index (Phi) is 8.35. The van der Waals surface area contributed by atoms with Gasteiger partial charge in [0.15, 0.2) is 0 Å². The Labute approximate surface area is 229 Å². The zero-order chi connectivity index (χ0) is 27.0. The highest BCUT2D eigenvalue weighted by atomic mass is 16.5. The number of nitrogens with two attached hydrogens (primary N) is 1. The van der Waals surface area contributed by atoms with Crippen LogP contribution in [0.4, 0.5) is 0 Å². The molecule has 2 N–H and O–H groups in total. The van der Waals surface area contributed by atoms with E-state index >= 15 is 0 Å². The van der Waals surface area contributed by atoms with Crippen molar-refractivity contribution in [3.8, 4) is 11.5 Å². The molecule has 0 aliphatic heterocycles. The lowest BCUT2D eigenvalue weighted by Crippen LogP contribution is -2.80. The molecule has 0 fully saturated rings. The Hall–Kier alpha value is -4.41. The summed E-state index contributed by atoms with van der Waals surface area (Å²) in [5.41, 5.74) is 4.77. The molecule has 0 aromatic heterocycles. The van der Waals surface area contributed by atoms with Gasteiger partial charge in [-0.2, -0.15) is 0 Å². The van der Waals surface area contributed by atoms with Gasteiger partial charge in [-0.1, -0.05) is 60.7 Å². The predicted octanol–water partition coefficient (Wildman–Crippen LogP) is 6.80. The average Bonchev–Trinajstić information content (AvgIpc) is 2.92. The smallest absolute Gasteiger partial charge is 0.335 e. The molecule has 0 aliphatic rings. The molecule has 5 rings (SSSR count). The van der Waals surface area contributed by atoms with Gasteiger partial charge in [0.1, 0.15) is 24.6 Å². The monoisotopic (exact) mass is 516 g/mol. The maximum Gasteiger partial charge on any atom is 0.335 e. The minimum atomic E-state index is -0.378. The maximum absolute atomic E-state index is 12.1. The van der Waals surface area contributed by atoms with Gasteiger partial charge in [0.05, 0.1) is 6.61 Å². The van der Waals surface area contributed by atoms with Crippen LogP contribution in [-0.2, 0) is 17.9 Å². The Morgan fingerprint density at radius 1 is 0.744 bits per heavy atom. The van der Waals surface area contributed by atoms with Gasteiger partial charge < -0.3 is 14.8 Å². The molecule has 39 heavy (non-hydrogen) atoms. The highest BCUT2D eigenvalue weighted by Gasteiger charge is 2.09. The first-order valence-corrected chi connectivity index (χ1v) is 13.4. The molecule has 4 heteroatoms. The molecule has 0 atom stereocenters. The third-order valence-corrected chi connectivity index (χ3v) is 6.76. The molecule has 0 heterocycles. The third kappa shape index (κ3) is 6.92. The first-order chi connectivity index (χ1) is 19.0. The van der Waals surface area contributed by atoms with Crippen LogP contribution in [0.25, 0.3) is 21.5 Å². The number of carbonyl (C=O) groups excluding carboxylic acids is 1. The second kappa shape index (κ2) is 12.4. The van der Waals surface area contributed by atoms with Crippen molar-refractivity contribution in [1.29, 1.82) is 0 Å². The van der Waals surface area contributed by atoms with Gasteiger partial charge in [0, 0.05) is 17.2 Å². The summed E-state index contributed by atoms with van der Waals surface area (Å²) in [6.45, 7) is 6.26. The first kappa shape index (κ1) is 26.2. The third-order valence-electron chi connectivity index (χ3n) is 6.76. The number of carbonyl (C=O) groups is 1. The van der Waals surface area contributed by atoms with Gasteiger partial charge >= 0.3 is 5.97 Å². The van der Waals surface area contributed by atoms with Crippen LogP contribution in [0.15, 0.2) is 109 Å². The van der Waals surface area contributed by atoms with Crippen LogP contribution in [0.3, 0.4) is 0 Å².